The molecule has 0 fully saturated rings. The Morgan fingerprint density at radius 2 is 1.88 bits per heavy atom. The minimum atomic E-state index is -0.0445. The first-order chi connectivity index (χ1) is 11.5. The van der Waals surface area contributed by atoms with Gasteiger partial charge in [0.05, 0.1) is 6.61 Å². The summed E-state index contributed by atoms with van der Waals surface area (Å²) >= 11 is 17.9. The molecule has 1 N–H and O–H groups in total. The number of carbonyl (C=O) groups excluding carboxylic acids is 1. The first kappa shape index (κ1) is 18.9. The highest BCUT2D eigenvalue weighted by Crippen LogP contribution is 2.22. The topological polar surface area (TPSA) is 38.3 Å². The molecule has 0 unspecified atom stereocenters. The van der Waals surface area contributed by atoms with Gasteiger partial charge in [-0.15, -0.1) is 0 Å². The fraction of sp³-hybridized carbons (Fsp3) is 0.278. The van der Waals surface area contributed by atoms with Gasteiger partial charge in [-0.3, -0.25) is 4.79 Å². The normalized spacial score (nSPS) is 10.5. The number of ether oxygens (including phenoxy) is 1. The molecular weight excluding hydrogens is 369 g/mol. The number of rotatable bonds is 7. The molecule has 2 aromatic rings. The molecule has 0 bridgehead atoms. The average Bonchev–Trinajstić information content (AvgIpc) is 2.54. The van der Waals surface area contributed by atoms with E-state index in [0.29, 0.717) is 41.1 Å². The van der Waals surface area contributed by atoms with Gasteiger partial charge in [-0.25, -0.2) is 0 Å². The lowest BCUT2D eigenvalue weighted by atomic mass is 10.2. The summed E-state index contributed by atoms with van der Waals surface area (Å²) in [6.45, 7) is 2.77. The Hall–Kier alpha value is -1.42. The summed E-state index contributed by atoms with van der Waals surface area (Å²) in [7, 11) is 0. The number of aryl methyl sites for hydroxylation is 1. The maximum absolute atomic E-state index is 11.9. The van der Waals surface area contributed by atoms with E-state index in [9.17, 15) is 4.79 Å². The SMILES string of the molecule is Cc1cc(OCCCC(=O)NCc2ccc(Cl)cc2Cl)ccc1Cl. The van der Waals surface area contributed by atoms with E-state index < -0.39 is 0 Å². The van der Waals surface area contributed by atoms with Crippen molar-refractivity contribution >= 4 is 40.7 Å². The second-order valence-electron chi connectivity index (χ2n) is 5.38. The molecule has 0 saturated heterocycles. The van der Waals surface area contributed by atoms with Gasteiger partial charge in [-0.2, -0.15) is 0 Å². The molecule has 0 aliphatic heterocycles. The summed E-state index contributed by atoms with van der Waals surface area (Å²) in [6, 6.07) is 10.7. The molecule has 0 spiro atoms. The second kappa shape index (κ2) is 9.16. The molecule has 0 aliphatic carbocycles. The molecule has 3 nitrogen and oxygen atoms in total. The number of nitrogens with one attached hydrogen (secondary N) is 1. The quantitative estimate of drug-likeness (QED) is 0.644. The van der Waals surface area contributed by atoms with Crippen molar-refractivity contribution in [1.82, 2.24) is 5.32 Å². The summed E-state index contributed by atoms with van der Waals surface area (Å²) in [4.78, 5) is 11.9. The number of amides is 1. The molecule has 2 aromatic carbocycles. The van der Waals surface area contributed by atoms with E-state index in [-0.39, 0.29) is 5.91 Å². The van der Waals surface area contributed by atoms with Crippen LogP contribution in [0.15, 0.2) is 36.4 Å². The van der Waals surface area contributed by atoms with Gasteiger partial charge in [-0.05, 0) is 54.8 Å². The molecule has 0 aliphatic rings. The third-order valence-electron chi connectivity index (χ3n) is 3.44. The Balaban J connectivity index is 1.68. The zero-order chi connectivity index (χ0) is 17.5. The summed E-state index contributed by atoms with van der Waals surface area (Å²) in [5.74, 6) is 0.710. The van der Waals surface area contributed by atoms with Crippen LogP contribution in [0.1, 0.15) is 24.0 Å². The Bertz CT molecular complexity index is 719. The van der Waals surface area contributed by atoms with Crippen LogP contribution < -0.4 is 10.1 Å². The number of hydrogen-bond acceptors (Lipinski definition) is 2. The molecule has 128 valence electrons. The number of halogens is 3. The second-order valence-corrected chi connectivity index (χ2v) is 6.63. The zero-order valence-electron chi connectivity index (χ0n) is 13.2. The first-order valence-corrected chi connectivity index (χ1v) is 8.68. The Morgan fingerprint density at radius 1 is 1.08 bits per heavy atom. The third kappa shape index (κ3) is 5.90. The predicted molar refractivity (Wildman–Crippen MR) is 99.2 cm³/mol. The van der Waals surface area contributed by atoms with E-state index >= 15 is 0 Å². The van der Waals surface area contributed by atoms with Gasteiger partial charge < -0.3 is 10.1 Å². The molecular formula is C18H18Cl3NO2. The van der Waals surface area contributed by atoms with Gasteiger partial charge in [-0.1, -0.05) is 40.9 Å². The molecule has 0 aromatic heterocycles. The Morgan fingerprint density at radius 3 is 2.58 bits per heavy atom. The highest BCUT2D eigenvalue weighted by atomic mass is 35.5. The van der Waals surface area contributed by atoms with E-state index in [4.69, 9.17) is 39.5 Å². The van der Waals surface area contributed by atoms with Gasteiger partial charge in [0.25, 0.3) is 0 Å². The van der Waals surface area contributed by atoms with Crippen molar-refractivity contribution in [1.29, 1.82) is 0 Å². The third-order valence-corrected chi connectivity index (χ3v) is 4.45. The van der Waals surface area contributed by atoms with Gasteiger partial charge in [0.1, 0.15) is 5.75 Å². The standard InChI is InChI=1S/C18H18Cl3NO2/c1-12-9-15(6-7-16(12)20)24-8-2-3-18(23)22-11-13-4-5-14(19)10-17(13)21/h4-7,9-10H,2-3,8,11H2,1H3,(H,22,23). The van der Waals surface area contributed by atoms with Crippen LogP contribution in [0, 0.1) is 6.92 Å². The molecule has 24 heavy (non-hydrogen) atoms. The van der Waals surface area contributed by atoms with Crippen molar-refractivity contribution in [3.8, 4) is 5.75 Å². The average molecular weight is 387 g/mol. The summed E-state index contributed by atoms with van der Waals surface area (Å²) in [5.41, 5.74) is 1.80. The van der Waals surface area contributed by atoms with Crippen LogP contribution >= 0.6 is 34.8 Å². The molecule has 0 radical (unpaired) electrons. The lowest BCUT2D eigenvalue weighted by Crippen LogP contribution is -2.23. The van der Waals surface area contributed by atoms with Crippen molar-refractivity contribution in [2.45, 2.75) is 26.3 Å². The minimum absolute atomic E-state index is 0.0445. The van der Waals surface area contributed by atoms with Crippen LogP contribution in [0.5, 0.6) is 5.75 Å². The number of hydrogen-bond donors (Lipinski definition) is 1. The van der Waals surface area contributed by atoms with Crippen molar-refractivity contribution in [2.75, 3.05) is 6.61 Å². The van der Waals surface area contributed by atoms with Crippen LogP contribution in [0.2, 0.25) is 15.1 Å². The van der Waals surface area contributed by atoms with E-state index in [1.165, 1.54) is 0 Å². The Labute approximate surface area is 156 Å². The first-order valence-electron chi connectivity index (χ1n) is 7.55. The van der Waals surface area contributed by atoms with Crippen LogP contribution in [0.4, 0.5) is 0 Å². The van der Waals surface area contributed by atoms with Gasteiger partial charge in [0, 0.05) is 28.0 Å². The zero-order valence-corrected chi connectivity index (χ0v) is 15.5. The predicted octanol–water partition coefficient (Wildman–Crippen LogP) is 5.43. The van der Waals surface area contributed by atoms with Crippen LogP contribution in [-0.4, -0.2) is 12.5 Å². The maximum Gasteiger partial charge on any atom is 0.220 e. The molecule has 2 rings (SSSR count). The number of benzene rings is 2. The smallest absolute Gasteiger partial charge is 0.220 e. The summed E-state index contributed by atoms with van der Waals surface area (Å²) in [6.07, 6.45) is 1.01. The summed E-state index contributed by atoms with van der Waals surface area (Å²) in [5, 5.41) is 4.67. The summed E-state index contributed by atoms with van der Waals surface area (Å²) < 4.78 is 5.61. The lowest BCUT2D eigenvalue weighted by molar-refractivity contribution is -0.121. The Kier molecular flexibility index (Phi) is 7.22. The van der Waals surface area contributed by atoms with Crippen LogP contribution in [-0.2, 0) is 11.3 Å². The highest BCUT2D eigenvalue weighted by molar-refractivity contribution is 6.35. The molecule has 1 amide bonds. The molecule has 0 heterocycles. The van der Waals surface area contributed by atoms with Crippen LogP contribution in [0.3, 0.4) is 0 Å². The van der Waals surface area contributed by atoms with Crippen molar-refractivity contribution in [3.63, 3.8) is 0 Å². The van der Waals surface area contributed by atoms with Crippen molar-refractivity contribution < 1.29 is 9.53 Å². The van der Waals surface area contributed by atoms with E-state index in [1.54, 1.807) is 24.3 Å². The molecule has 0 atom stereocenters. The lowest BCUT2D eigenvalue weighted by Gasteiger charge is -2.09. The molecule has 6 heteroatoms. The monoisotopic (exact) mass is 385 g/mol. The van der Waals surface area contributed by atoms with Gasteiger partial charge >= 0.3 is 0 Å². The molecule has 0 saturated carbocycles. The van der Waals surface area contributed by atoms with E-state index in [2.05, 4.69) is 5.32 Å². The maximum atomic E-state index is 11.9. The van der Waals surface area contributed by atoms with Gasteiger partial charge in [0.2, 0.25) is 5.91 Å². The minimum Gasteiger partial charge on any atom is -0.494 e. The van der Waals surface area contributed by atoms with Gasteiger partial charge in [0.15, 0.2) is 0 Å². The largest absolute Gasteiger partial charge is 0.494 e. The van der Waals surface area contributed by atoms with E-state index in [0.717, 1.165) is 16.9 Å². The highest BCUT2D eigenvalue weighted by Gasteiger charge is 2.05. The van der Waals surface area contributed by atoms with Crippen LogP contribution in [0.25, 0.3) is 0 Å². The fourth-order valence-corrected chi connectivity index (χ4v) is 2.67. The van der Waals surface area contributed by atoms with Crippen molar-refractivity contribution in [2.24, 2.45) is 0 Å². The van der Waals surface area contributed by atoms with Crippen molar-refractivity contribution in [3.05, 3.63) is 62.6 Å². The fourth-order valence-electron chi connectivity index (χ4n) is 2.08. The van der Waals surface area contributed by atoms with E-state index in [1.807, 2.05) is 19.1 Å². The number of carbonyl (C=O) groups is 1.